The highest BCUT2D eigenvalue weighted by molar-refractivity contribution is 5.80. The molecule has 132 valence electrons. The number of benzene rings is 1. The van der Waals surface area contributed by atoms with Crippen molar-refractivity contribution in [1.82, 2.24) is 9.80 Å². The van der Waals surface area contributed by atoms with Crippen LogP contribution in [0, 0.1) is 17.7 Å². The van der Waals surface area contributed by atoms with Gasteiger partial charge in [0.15, 0.2) is 0 Å². The topological polar surface area (TPSA) is 32.8 Å². The maximum Gasteiger partial charge on any atom is 0.228 e. The van der Waals surface area contributed by atoms with Gasteiger partial charge < -0.3 is 9.64 Å². The van der Waals surface area contributed by atoms with Crippen LogP contribution in [-0.2, 0) is 11.3 Å². The van der Waals surface area contributed by atoms with E-state index in [0.717, 1.165) is 39.0 Å². The highest BCUT2D eigenvalue weighted by Crippen LogP contribution is 2.25. The second kappa shape index (κ2) is 7.51. The Morgan fingerprint density at radius 3 is 2.67 bits per heavy atom. The molecule has 2 heterocycles. The summed E-state index contributed by atoms with van der Waals surface area (Å²) in [6.45, 7) is 8.73. The molecule has 2 aliphatic heterocycles. The van der Waals surface area contributed by atoms with E-state index in [0.29, 0.717) is 30.4 Å². The molecule has 0 N–H and O–H groups in total. The Bertz CT molecular complexity index is 581. The molecular weight excluding hydrogens is 307 g/mol. The number of hydrogen-bond acceptors (Lipinski definition) is 3. The van der Waals surface area contributed by atoms with Gasteiger partial charge in [0.1, 0.15) is 11.6 Å². The quantitative estimate of drug-likeness (QED) is 0.769. The number of amides is 1. The Hall–Kier alpha value is -1.62. The van der Waals surface area contributed by atoms with Gasteiger partial charge in [0, 0.05) is 44.4 Å². The number of likely N-dealkylation sites (tertiary alicyclic amines) is 2. The van der Waals surface area contributed by atoms with Crippen LogP contribution in [0.15, 0.2) is 18.2 Å². The molecule has 0 saturated carbocycles. The van der Waals surface area contributed by atoms with Gasteiger partial charge >= 0.3 is 0 Å². The third-order valence-electron chi connectivity index (χ3n) is 4.86. The average Bonchev–Trinajstić information content (AvgIpc) is 2.41. The summed E-state index contributed by atoms with van der Waals surface area (Å²) < 4.78 is 19.8. The normalized spacial score (nSPS) is 18.4. The van der Waals surface area contributed by atoms with Crippen molar-refractivity contribution < 1.29 is 13.9 Å². The molecule has 0 aliphatic carbocycles. The lowest BCUT2D eigenvalue weighted by molar-refractivity contribution is -0.144. The first-order valence-electron chi connectivity index (χ1n) is 8.95. The van der Waals surface area contributed by atoms with E-state index in [2.05, 4.69) is 18.7 Å². The van der Waals surface area contributed by atoms with E-state index in [1.807, 2.05) is 11.0 Å². The Morgan fingerprint density at radius 1 is 1.33 bits per heavy atom. The summed E-state index contributed by atoms with van der Waals surface area (Å²) in [4.78, 5) is 16.1. The molecular formula is C19H27FN2O2. The highest BCUT2D eigenvalue weighted by atomic mass is 19.1. The summed E-state index contributed by atoms with van der Waals surface area (Å²) in [6.07, 6.45) is 2.09. The van der Waals surface area contributed by atoms with Gasteiger partial charge in [-0.1, -0.05) is 19.9 Å². The standard InChI is InChI=1S/C19H27FN2O2/c1-14(2)6-9-24-17-5-4-15(18(20)10-17)11-21-12-16(13-21)19(23)22-7-3-8-22/h4-5,10,14,16H,3,6-9,11-13H2,1-2H3. The van der Waals surface area contributed by atoms with E-state index < -0.39 is 0 Å². The first-order valence-corrected chi connectivity index (χ1v) is 8.95. The summed E-state index contributed by atoms with van der Waals surface area (Å²) >= 11 is 0. The van der Waals surface area contributed by atoms with Crippen LogP contribution in [0.5, 0.6) is 5.75 Å². The van der Waals surface area contributed by atoms with Gasteiger partial charge in [0.2, 0.25) is 5.91 Å². The summed E-state index contributed by atoms with van der Waals surface area (Å²) in [5, 5.41) is 0. The van der Waals surface area contributed by atoms with Crippen LogP contribution < -0.4 is 4.74 Å². The van der Waals surface area contributed by atoms with E-state index in [9.17, 15) is 9.18 Å². The second-order valence-electron chi connectivity index (χ2n) is 7.35. The van der Waals surface area contributed by atoms with Crippen molar-refractivity contribution in [2.24, 2.45) is 11.8 Å². The molecule has 0 bridgehead atoms. The van der Waals surface area contributed by atoms with E-state index in [1.54, 1.807) is 6.07 Å². The van der Waals surface area contributed by atoms with Gasteiger partial charge in [-0.2, -0.15) is 0 Å². The van der Waals surface area contributed by atoms with Crippen LogP contribution in [0.25, 0.3) is 0 Å². The summed E-state index contributed by atoms with van der Waals surface area (Å²) in [6, 6.07) is 5.10. The second-order valence-corrected chi connectivity index (χ2v) is 7.35. The van der Waals surface area contributed by atoms with Gasteiger partial charge in [0.05, 0.1) is 12.5 Å². The molecule has 0 radical (unpaired) electrons. The van der Waals surface area contributed by atoms with Crippen LogP contribution >= 0.6 is 0 Å². The maximum absolute atomic E-state index is 14.2. The minimum atomic E-state index is -0.227. The van der Waals surface area contributed by atoms with E-state index in [1.165, 1.54) is 6.07 Å². The van der Waals surface area contributed by atoms with E-state index in [4.69, 9.17) is 4.74 Å². The molecule has 1 aromatic carbocycles. The molecule has 0 aromatic heterocycles. The van der Waals surface area contributed by atoms with Crippen LogP contribution in [0.4, 0.5) is 4.39 Å². The van der Waals surface area contributed by atoms with Crippen LogP contribution in [0.3, 0.4) is 0 Å². The molecule has 24 heavy (non-hydrogen) atoms. The number of halogens is 1. The Labute approximate surface area is 143 Å². The van der Waals surface area contributed by atoms with Crippen molar-refractivity contribution in [3.8, 4) is 5.75 Å². The van der Waals surface area contributed by atoms with Crippen LogP contribution in [0.2, 0.25) is 0 Å². The predicted molar refractivity (Wildman–Crippen MR) is 91.3 cm³/mol. The fraction of sp³-hybridized carbons (Fsp3) is 0.632. The van der Waals surface area contributed by atoms with Crippen molar-refractivity contribution >= 4 is 5.91 Å². The molecule has 0 spiro atoms. The molecule has 1 amide bonds. The monoisotopic (exact) mass is 334 g/mol. The smallest absolute Gasteiger partial charge is 0.228 e. The van der Waals surface area contributed by atoms with Gasteiger partial charge in [-0.05, 0) is 24.8 Å². The SMILES string of the molecule is CC(C)CCOc1ccc(CN2CC(C(=O)N3CCC3)C2)c(F)c1. The molecule has 0 unspecified atom stereocenters. The number of ether oxygens (including phenoxy) is 1. The first-order chi connectivity index (χ1) is 11.5. The number of carbonyl (C=O) groups excluding carboxylic acids is 1. The lowest BCUT2D eigenvalue weighted by Gasteiger charge is -2.43. The van der Waals surface area contributed by atoms with Crippen molar-refractivity contribution in [2.45, 2.75) is 33.2 Å². The summed E-state index contributed by atoms with van der Waals surface area (Å²) in [5.74, 6) is 1.31. The maximum atomic E-state index is 14.2. The fourth-order valence-electron chi connectivity index (χ4n) is 3.05. The van der Waals surface area contributed by atoms with Crippen molar-refractivity contribution in [3.63, 3.8) is 0 Å². The lowest BCUT2D eigenvalue weighted by Crippen LogP contribution is -2.56. The van der Waals surface area contributed by atoms with Crippen LogP contribution in [0.1, 0.15) is 32.3 Å². The number of hydrogen-bond donors (Lipinski definition) is 0. The predicted octanol–water partition coefficient (Wildman–Crippen LogP) is 2.91. The molecule has 5 heteroatoms. The molecule has 2 saturated heterocycles. The van der Waals surface area contributed by atoms with E-state index >= 15 is 0 Å². The van der Waals surface area contributed by atoms with E-state index in [-0.39, 0.29) is 17.6 Å². The molecule has 3 rings (SSSR count). The minimum Gasteiger partial charge on any atom is -0.493 e. The molecule has 2 aliphatic rings. The highest BCUT2D eigenvalue weighted by Gasteiger charge is 2.36. The van der Waals surface area contributed by atoms with Gasteiger partial charge in [0.25, 0.3) is 0 Å². The Balaban J connectivity index is 1.45. The summed E-state index contributed by atoms with van der Waals surface area (Å²) in [5.41, 5.74) is 0.668. The lowest BCUT2D eigenvalue weighted by atomic mass is 9.96. The van der Waals surface area contributed by atoms with Crippen molar-refractivity contribution in [2.75, 3.05) is 32.8 Å². The summed E-state index contributed by atoms with van der Waals surface area (Å²) in [7, 11) is 0. The van der Waals surface area contributed by atoms with Gasteiger partial charge in [-0.25, -0.2) is 4.39 Å². The average molecular weight is 334 g/mol. The third-order valence-corrected chi connectivity index (χ3v) is 4.86. The van der Waals surface area contributed by atoms with Crippen LogP contribution in [-0.4, -0.2) is 48.5 Å². The molecule has 2 fully saturated rings. The molecule has 4 nitrogen and oxygen atoms in total. The largest absolute Gasteiger partial charge is 0.493 e. The Kier molecular flexibility index (Phi) is 5.39. The number of carbonyl (C=O) groups is 1. The number of rotatable bonds is 7. The molecule has 1 aromatic rings. The first kappa shape index (κ1) is 17.2. The minimum absolute atomic E-state index is 0.104. The van der Waals surface area contributed by atoms with Gasteiger partial charge in [-0.15, -0.1) is 0 Å². The van der Waals surface area contributed by atoms with Crippen molar-refractivity contribution in [1.29, 1.82) is 0 Å². The zero-order chi connectivity index (χ0) is 17.1. The Morgan fingerprint density at radius 2 is 2.08 bits per heavy atom. The van der Waals surface area contributed by atoms with Gasteiger partial charge in [-0.3, -0.25) is 9.69 Å². The third kappa shape index (κ3) is 4.07. The zero-order valence-electron chi connectivity index (χ0n) is 14.6. The number of nitrogens with zero attached hydrogens (tertiary/aromatic N) is 2. The molecule has 0 atom stereocenters. The van der Waals surface area contributed by atoms with Crippen molar-refractivity contribution in [3.05, 3.63) is 29.6 Å². The fourth-order valence-corrected chi connectivity index (χ4v) is 3.05. The zero-order valence-corrected chi connectivity index (χ0v) is 14.6.